The van der Waals surface area contributed by atoms with E-state index >= 15 is 0 Å². The SMILES string of the molecule is CC(C)[C@@H]1CC=C[C@@H](C)O1. The first-order valence-corrected chi connectivity index (χ1v) is 4.02. The first-order chi connectivity index (χ1) is 4.70. The highest BCUT2D eigenvalue weighted by molar-refractivity contribution is 4.94. The van der Waals surface area contributed by atoms with E-state index < -0.39 is 0 Å². The molecule has 0 N–H and O–H groups in total. The Hall–Kier alpha value is -0.300. The second-order valence-electron chi connectivity index (χ2n) is 3.29. The van der Waals surface area contributed by atoms with Gasteiger partial charge in [-0.15, -0.1) is 0 Å². The fraction of sp³-hybridized carbons (Fsp3) is 0.778. The molecule has 58 valence electrons. The van der Waals surface area contributed by atoms with E-state index in [2.05, 4.69) is 32.9 Å². The lowest BCUT2D eigenvalue weighted by atomic mass is 10.0. The Labute approximate surface area is 63.1 Å². The normalized spacial score (nSPS) is 33.2. The molecule has 10 heavy (non-hydrogen) atoms. The molecule has 1 rings (SSSR count). The number of hydrogen-bond donors (Lipinski definition) is 0. The molecule has 1 heteroatoms. The van der Waals surface area contributed by atoms with Crippen LogP contribution in [0, 0.1) is 5.92 Å². The van der Waals surface area contributed by atoms with Gasteiger partial charge in [-0.05, 0) is 19.3 Å². The molecule has 1 heterocycles. The molecule has 0 fully saturated rings. The summed E-state index contributed by atoms with van der Waals surface area (Å²) in [5.74, 6) is 0.646. The van der Waals surface area contributed by atoms with Gasteiger partial charge in [-0.25, -0.2) is 0 Å². The van der Waals surface area contributed by atoms with E-state index in [1.165, 1.54) is 0 Å². The predicted octanol–water partition coefficient (Wildman–Crippen LogP) is 2.38. The lowest BCUT2D eigenvalue weighted by Crippen LogP contribution is -2.26. The van der Waals surface area contributed by atoms with Gasteiger partial charge in [-0.1, -0.05) is 26.0 Å². The highest BCUT2D eigenvalue weighted by Crippen LogP contribution is 2.18. The van der Waals surface area contributed by atoms with E-state index in [4.69, 9.17) is 4.74 Å². The summed E-state index contributed by atoms with van der Waals surface area (Å²) >= 11 is 0. The summed E-state index contributed by atoms with van der Waals surface area (Å²) in [4.78, 5) is 0. The number of ether oxygens (including phenoxy) is 1. The van der Waals surface area contributed by atoms with Gasteiger partial charge in [0.05, 0.1) is 12.2 Å². The van der Waals surface area contributed by atoms with Crippen LogP contribution in [-0.4, -0.2) is 12.2 Å². The summed E-state index contributed by atoms with van der Waals surface area (Å²) in [6, 6.07) is 0. The maximum absolute atomic E-state index is 5.66. The molecule has 0 aliphatic carbocycles. The molecule has 0 spiro atoms. The highest BCUT2D eigenvalue weighted by atomic mass is 16.5. The van der Waals surface area contributed by atoms with E-state index in [0.717, 1.165) is 6.42 Å². The third-order valence-electron chi connectivity index (χ3n) is 1.91. The fourth-order valence-electron chi connectivity index (χ4n) is 1.21. The molecule has 1 nitrogen and oxygen atoms in total. The van der Waals surface area contributed by atoms with Crippen molar-refractivity contribution in [1.82, 2.24) is 0 Å². The van der Waals surface area contributed by atoms with E-state index in [9.17, 15) is 0 Å². The van der Waals surface area contributed by atoms with Crippen molar-refractivity contribution in [2.45, 2.75) is 39.4 Å². The van der Waals surface area contributed by atoms with Crippen LogP contribution in [0.1, 0.15) is 27.2 Å². The average molecular weight is 140 g/mol. The summed E-state index contributed by atoms with van der Waals surface area (Å²) in [7, 11) is 0. The van der Waals surface area contributed by atoms with E-state index in [0.29, 0.717) is 18.1 Å². The summed E-state index contributed by atoms with van der Waals surface area (Å²) in [6.07, 6.45) is 6.20. The second-order valence-corrected chi connectivity index (χ2v) is 3.29. The van der Waals surface area contributed by atoms with Crippen molar-refractivity contribution >= 4 is 0 Å². The quantitative estimate of drug-likeness (QED) is 0.508. The molecule has 0 aromatic carbocycles. The summed E-state index contributed by atoms with van der Waals surface area (Å²) in [6.45, 7) is 6.50. The molecule has 0 bridgehead atoms. The van der Waals surface area contributed by atoms with E-state index in [1.54, 1.807) is 0 Å². The van der Waals surface area contributed by atoms with Crippen LogP contribution in [0.5, 0.6) is 0 Å². The van der Waals surface area contributed by atoms with Crippen LogP contribution < -0.4 is 0 Å². The average Bonchev–Trinajstić information content (AvgIpc) is 1.88. The van der Waals surface area contributed by atoms with Crippen LogP contribution in [0.15, 0.2) is 12.2 Å². The zero-order chi connectivity index (χ0) is 7.56. The van der Waals surface area contributed by atoms with Crippen molar-refractivity contribution in [3.05, 3.63) is 12.2 Å². The maximum atomic E-state index is 5.66. The standard InChI is InChI=1S/C9H16O/c1-7(2)9-6-4-5-8(3)10-9/h4-5,7-9H,6H2,1-3H3/t8-,9+/m1/s1. The second kappa shape index (κ2) is 3.20. The molecule has 0 unspecified atom stereocenters. The van der Waals surface area contributed by atoms with Crippen molar-refractivity contribution in [3.8, 4) is 0 Å². The van der Waals surface area contributed by atoms with Crippen molar-refractivity contribution < 1.29 is 4.74 Å². The van der Waals surface area contributed by atoms with E-state index in [1.807, 2.05) is 0 Å². The Balaban J connectivity index is 2.44. The Morgan fingerprint density at radius 1 is 1.50 bits per heavy atom. The predicted molar refractivity (Wildman–Crippen MR) is 42.9 cm³/mol. The molecule has 0 aromatic rings. The van der Waals surface area contributed by atoms with Gasteiger partial charge in [-0.3, -0.25) is 0 Å². The molecular weight excluding hydrogens is 124 g/mol. The topological polar surface area (TPSA) is 9.23 Å². The first kappa shape index (κ1) is 7.80. The van der Waals surface area contributed by atoms with Crippen molar-refractivity contribution in [2.75, 3.05) is 0 Å². The fourth-order valence-corrected chi connectivity index (χ4v) is 1.21. The lowest BCUT2D eigenvalue weighted by Gasteiger charge is -2.26. The van der Waals surface area contributed by atoms with Gasteiger partial charge in [-0.2, -0.15) is 0 Å². The third-order valence-corrected chi connectivity index (χ3v) is 1.91. The summed E-state index contributed by atoms with van der Waals surface area (Å²) in [5, 5.41) is 0. The molecule has 1 aliphatic heterocycles. The number of hydrogen-bond acceptors (Lipinski definition) is 1. The van der Waals surface area contributed by atoms with Crippen LogP contribution in [0.2, 0.25) is 0 Å². The van der Waals surface area contributed by atoms with Crippen LogP contribution in [0.4, 0.5) is 0 Å². The largest absolute Gasteiger partial charge is 0.371 e. The molecular formula is C9H16O. The highest BCUT2D eigenvalue weighted by Gasteiger charge is 2.17. The third kappa shape index (κ3) is 1.84. The van der Waals surface area contributed by atoms with Crippen molar-refractivity contribution in [1.29, 1.82) is 0 Å². The first-order valence-electron chi connectivity index (χ1n) is 4.02. The van der Waals surface area contributed by atoms with Crippen LogP contribution in [0.25, 0.3) is 0 Å². The Kier molecular flexibility index (Phi) is 2.50. The van der Waals surface area contributed by atoms with E-state index in [-0.39, 0.29) is 0 Å². The van der Waals surface area contributed by atoms with Crippen molar-refractivity contribution in [3.63, 3.8) is 0 Å². The Bertz CT molecular complexity index is 127. The zero-order valence-electron chi connectivity index (χ0n) is 7.00. The minimum Gasteiger partial charge on any atom is -0.371 e. The van der Waals surface area contributed by atoms with Gasteiger partial charge in [0, 0.05) is 0 Å². The lowest BCUT2D eigenvalue weighted by molar-refractivity contribution is -0.0110. The van der Waals surface area contributed by atoms with Crippen LogP contribution in [0.3, 0.4) is 0 Å². The summed E-state index contributed by atoms with van der Waals surface area (Å²) < 4.78 is 5.66. The molecule has 0 saturated heterocycles. The monoisotopic (exact) mass is 140 g/mol. The number of rotatable bonds is 1. The van der Waals surface area contributed by atoms with Gasteiger partial charge < -0.3 is 4.74 Å². The van der Waals surface area contributed by atoms with Gasteiger partial charge in [0.25, 0.3) is 0 Å². The molecule has 0 amide bonds. The Morgan fingerprint density at radius 2 is 2.20 bits per heavy atom. The zero-order valence-corrected chi connectivity index (χ0v) is 7.00. The minimum absolute atomic E-state index is 0.321. The van der Waals surface area contributed by atoms with Gasteiger partial charge in [0.15, 0.2) is 0 Å². The molecule has 0 aromatic heterocycles. The van der Waals surface area contributed by atoms with Crippen LogP contribution in [-0.2, 0) is 4.74 Å². The van der Waals surface area contributed by atoms with Crippen molar-refractivity contribution in [2.24, 2.45) is 5.92 Å². The van der Waals surface area contributed by atoms with Gasteiger partial charge in [0.2, 0.25) is 0 Å². The molecule has 2 atom stereocenters. The Morgan fingerprint density at radius 3 is 2.60 bits per heavy atom. The smallest absolute Gasteiger partial charge is 0.0731 e. The maximum Gasteiger partial charge on any atom is 0.0731 e. The summed E-state index contributed by atoms with van der Waals surface area (Å²) in [5.41, 5.74) is 0. The van der Waals surface area contributed by atoms with Crippen LogP contribution >= 0.6 is 0 Å². The molecule has 0 saturated carbocycles. The molecule has 0 radical (unpaired) electrons. The van der Waals surface area contributed by atoms with Gasteiger partial charge in [0.1, 0.15) is 0 Å². The minimum atomic E-state index is 0.321. The van der Waals surface area contributed by atoms with Gasteiger partial charge >= 0.3 is 0 Å². The molecule has 1 aliphatic rings.